The van der Waals surface area contributed by atoms with E-state index in [9.17, 15) is 14.4 Å². The lowest BCUT2D eigenvalue weighted by atomic mass is 10.0. The molecule has 3 atom stereocenters. The fourth-order valence-corrected chi connectivity index (χ4v) is 2.53. The summed E-state index contributed by atoms with van der Waals surface area (Å²) in [6.45, 7) is 5.78. The van der Waals surface area contributed by atoms with E-state index >= 15 is 0 Å². The van der Waals surface area contributed by atoms with Gasteiger partial charge in [-0.1, -0.05) is 13.8 Å². The molecule has 0 unspecified atom stereocenters. The molecule has 0 spiro atoms. The number of H-pyrrole nitrogens is 1. The highest BCUT2D eigenvalue weighted by atomic mass is 16.6. The van der Waals surface area contributed by atoms with Gasteiger partial charge in [0.25, 0.3) is 0 Å². The quantitative estimate of drug-likeness (QED) is 0.687. The van der Waals surface area contributed by atoms with E-state index in [-0.39, 0.29) is 18.5 Å². The fraction of sp³-hybridized carbons (Fsp3) is 0.588. The second kappa shape index (κ2) is 8.66. The summed E-state index contributed by atoms with van der Waals surface area (Å²) in [5, 5.41) is 5.25. The largest absolute Gasteiger partial charge is 0.413 e. The average Bonchev–Trinajstić information content (AvgIpc) is 3.16. The van der Waals surface area contributed by atoms with Crippen molar-refractivity contribution in [1.29, 1.82) is 0 Å². The molecule has 1 aliphatic rings. The Morgan fingerprint density at radius 1 is 1.40 bits per heavy atom. The molecule has 1 saturated heterocycles. The number of ketones is 1. The summed E-state index contributed by atoms with van der Waals surface area (Å²) in [5.41, 5.74) is 0. The van der Waals surface area contributed by atoms with Crippen LogP contribution >= 0.6 is 0 Å². The molecule has 8 nitrogen and oxygen atoms in total. The Hall–Kier alpha value is -2.35. The van der Waals surface area contributed by atoms with Crippen molar-refractivity contribution in [2.75, 3.05) is 6.61 Å². The number of hydrogen-bond donors (Lipinski definition) is 3. The smallest absolute Gasteiger partial charge is 0.409 e. The Labute approximate surface area is 146 Å². The topological polar surface area (TPSA) is 110 Å². The van der Waals surface area contributed by atoms with E-state index in [2.05, 4.69) is 15.6 Å². The molecular formula is C17H25N3O5. The maximum absolute atomic E-state index is 12.5. The number of amides is 2. The molecule has 3 N–H and O–H groups in total. The monoisotopic (exact) mass is 351 g/mol. The number of nitrogens with one attached hydrogen (secondary N) is 3. The highest BCUT2D eigenvalue weighted by Crippen LogP contribution is 2.13. The number of aromatic nitrogens is 1. The van der Waals surface area contributed by atoms with Crippen LogP contribution in [0.15, 0.2) is 18.5 Å². The molecule has 0 aromatic carbocycles. The minimum Gasteiger partial charge on any atom is -0.409 e. The fourth-order valence-electron chi connectivity index (χ4n) is 2.53. The van der Waals surface area contributed by atoms with Gasteiger partial charge in [-0.05, 0) is 31.7 Å². The van der Waals surface area contributed by atoms with Gasteiger partial charge < -0.3 is 25.1 Å². The van der Waals surface area contributed by atoms with Crippen molar-refractivity contribution in [3.8, 4) is 5.75 Å². The van der Waals surface area contributed by atoms with Crippen molar-refractivity contribution >= 4 is 17.8 Å². The first kappa shape index (κ1) is 19.0. The first-order chi connectivity index (χ1) is 11.9. The second-order valence-electron chi connectivity index (χ2n) is 6.57. The molecule has 8 heteroatoms. The maximum atomic E-state index is 12.5. The van der Waals surface area contributed by atoms with Gasteiger partial charge in [0.05, 0.1) is 6.10 Å². The Morgan fingerprint density at radius 2 is 2.16 bits per heavy atom. The van der Waals surface area contributed by atoms with Crippen molar-refractivity contribution in [3.05, 3.63) is 18.5 Å². The molecule has 0 bridgehead atoms. The minimum atomic E-state index is -0.783. The van der Waals surface area contributed by atoms with Crippen LogP contribution in [0.3, 0.4) is 0 Å². The molecule has 1 aromatic rings. The summed E-state index contributed by atoms with van der Waals surface area (Å²) in [7, 11) is 0. The molecule has 1 aliphatic heterocycles. The van der Waals surface area contributed by atoms with Gasteiger partial charge in [0, 0.05) is 12.4 Å². The normalized spacial score (nSPS) is 21.2. The molecule has 2 rings (SSSR count). The molecule has 2 heterocycles. The van der Waals surface area contributed by atoms with Crippen LogP contribution in [0.2, 0.25) is 0 Å². The van der Waals surface area contributed by atoms with Crippen LogP contribution in [-0.2, 0) is 14.3 Å². The zero-order chi connectivity index (χ0) is 18.4. The molecule has 1 aromatic heterocycles. The van der Waals surface area contributed by atoms with Crippen molar-refractivity contribution < 1.29 is 23.9 Å². The van der Waals surface area contributed by atoms with Crippen molar-refractivity contribution in [1.82, 2.24) is 15.6 Å². The summed E-state index contributed by atoms with van der Waals surface area (Å²) < 4.78 is 10.3. The molecule has 25 heavy (non-hydrogen) atoms. The SMILES string of the molecule is CC(C)CC[C@H](NC(=O)Oc1cc[nH]c1)C(=O)N[C@@H]1C(=O)CO[C@H]1C. The standard InChI is InChI=1S/C17H25N3O5/c1-10(2)4-5-13(19-17(23)25-12-6-7-18-8-12)16(22)20-15-11(3)24-9-14(15)21/h6-8,10-11,13,15,18H,4-5,9H2,1-3H3,(H,19,23)(H,20,22)/t11-,13-,15-/m0/s1. The Balaban J connectivity index is 1.97. The van der Waals surface area contributed by atoms with E-state index < -0.39 is 24.1 Å². The molecular weight excluding hydrogens is 326 g/mol. The summed E-state index contributed by atoms with van der Waals surface area (Å²) in [5.74, 6) is 0.141. The van der Waals surface area contributed by atoms with E-state index in [0.29, 0.717) is 18.1 Å². The van der Waals surface area contributed by atoms with Gasteiger partial charge in [-0.15, -0.1) is 0 Å². The number of rotatable bonds is 7. The zero-order valence-corrected chi connectivity index (χ0v) is 14.7. The molecule has 0 saturated carbocycles. The van der Waals surface area contributed by atoms with Crippen LogP contribution in [0.1, 0.15) is 33.6 Å². The van der Waals surface area contributed by atoms with Crippen LogP contribution in [-0.4, -0.2) is 47.6 Å². The van der Waals surface area contributed by atoms with Crippen molar-refractivity contribution in [2.24, 2.45) is 5.92 Å². The molecule has 1 fully saturated rings. The third kappa shape index (κ3) is 5.60. The summed E-state index contributed by atoms with van der Waals surface area (Å²) >= 11 is 0. The van der Waals surface area contributed by atoms with Gasteiger partial charge in [-0.3, -0.25) is 9.59 Å². The Morgan fingerprint density at radius 3 is 2.72 bits per heavy atom. The molecule has 138 valence electrons. The third-order valence-electron chi connectivity index (χ3n) is 4.02. The van der Waals surface area contributed by atoms with Crippen LogP contribution in [0, 0.1) is 5.92 Å². The van der Waals surface area contributed by atoms with Gasteiger partial charge in [-0.2, -0.15) is 0 Å². The van der Waals surface area contributed by atoms with Gasteiger partial charge in [0.15, 0.2) is 5.78 Å². The van der Waals surface area contributed by atoms with Gasteiger partial charge in [0.2, 0.25) is 5.91 Å². The summed E-state index contributed by atoms with van der Waals surface area (Å²) in [4.78, 5) is 39.1. The number of Topliss-reactive ketones (excluding diaryl/α,β-unsaturated/α-hetero) is 1. The summed E-state index contributed by atoms with van der Waals surface area (Å²) in [6.07, 6.45) is 3.24. The number of carbonyl (C=O) groups excluding carboxylic acids is 3. The highest BCUT2D eigenvalue weighted by molar-refractivity contribution is 5.94. The lowest BCUT2D eigenvalue weighted by molar-refractivity contribution is -0.127. The number of aromatic amines is 1. The first-order valence-corrected chi connectivity index (χ1v) is 8.42. The van der Waals surface area contributed by atoms with E-state index in [4.69, 9.17) is 9.47 Å². The lowest BCUT2D eigenvalue weighted by Gasteiger charge is -2.22. The van der Waals surface area contributed by atoms with E-state index in [1.807, 2.05) is 13.8 Å². The molecule has 0 radical (unpaired) electrons. The van der Waals surface area contributed by atoms with Gasteiger partial charge in [0.1, 0.15) is 24.4 Å². The van der Waals surface area contributed by atoms with Crippen molar-refractivity contribution in [3.63, 3.8) is 0 Å². The zero-order valence-electron chi connectivity index (χ0n) is 14.7. The highest BCUT2D eigenvalue weighted by Gasteiger charge is 2.35. The number of carbonyl (C=O) groups is 3. The van der Waals surface area contributed by atoms with Gasteiger partial charge in [-0.25, -0.2) is 4.79 Å². The van der Waals surface area contributed by atoms with Crippen LogP contribution in [0.4, 0.5) is 4.79 Å². The average molecular weight is 351 g/mol. The molecule has 2 amide bonds. The predicted octanol–water partition coefficient (Wildman–Crippen LogP) is 1.38. The maximum Gasteiger partial charge on any atom is 0.413 e. The Kier molecular flexibility index (Phi) is 6.58. The first-order valence-electron chi connectivity index (χ1n) is 8.42. The number of hydrogen-bond acceptors (Lipinski definition) is 5. The van der Waals surface area contributed by atoms with Crippen LogP contribution in [0.25, 0.3) is 0 Å². The van der Waals surface area contributed by atoms with Gasteiger partial charge >= 0.3 is 6.09 Å². The Bertz CT molecular complexity index is 599. The predicted molar refractivity (Wildman–Crippen MR) is 90.2 cm³/mol. The van der Waals surface area contributed by atoms with Crippen molar-refractivity contribution in [2.45, 2.75) is 51.8 Å². The second-order valence-corrected chi connectivity index (χ2v) is 6.57. The van der Waals surface area contributed by atoms with E-state index in [1.165, 1.54) is 6.20 Å². The minimum absolute atomic E-state index is 0.00820. The lowest BCUT2D eigenvalue weighted by Crippen LogP contribution is -2.53. The molecule has 0 aliphatic carbocycles. The van der Waals surface area contributed by atoms with E-state index in [0.717, 1.165) is 6.42 Å². The number of ether oxygens (including phenoxy) is 2. The van der Waals surface area contributed by atoms with Crippen LogP contribution < -0.4 is 15.4 Å². The third-order valence-corrected chi connectivity index (χ3v) is 4.02. The van der Waals surface area contributed by atoms with Crippen LogP contribution in [0.5, 0.6) is 5.75 Å². The summed E-state index contributed by atoms with van der Waals surface area (Å²) in [6, 6.07) is 0.130. The van der Waals surface area contributed by atoms with E-state index in [1.54, 1.807) is 19.2 Å².